The molecular formula is C12H16N4O2S. The Bertz CT molecular complexity index is 494. The first-order valence-electron chi connectivity index (χ1n) is 6.07. The van der Waals surface area contributed by atoms with E-state index in [2.05, 4.69) is 9.97 Å². The van der Waals surface area contributed by atoms with Crippen LogP contribution in [0.1, 0.15) is 18.5 Å². The summed E-state index contributed by atoms with van der Waals surface area (Å²) >= 11 is 4.90. The molecule has 0 spiro atoms. The number of aromatic nitrogens is 2. The van der Waals surface area contributed by atoms with Crippen LogP contribution in [0.3, 0.4) is 0 Å². The van der Waals surface area contributed by atoms with Crippen molar-refractivity contribution >= 4 is 29.1 Å². The molecule has 0 amide bonds. The molecule has 0 bridgehead atoms. The van der Waals surface area contributed by atoms with Gasteiger partial charge in [0, 0.05) is 19.3 Å². The number of nitrogens with zero attached hydrogens (tertiary/aromatic N) is 3. The molecule has 1 aromatic rings. The smallest absolute Gasteiger partial charge is 0.310 e. The first kappa shape index (κ1) is 13.7. The predicted molar refractivity (Wildman–Crippen MR) is 74.9 cm³/mol. The fraction of sp³-hybridized carbons (Fsp3) is 0.500. The van der Waals surface area contributed by atoms with Gasteiger partial charge in [0.05, 0.1) is 13.0 Å². The fourth-order valence-electron chi connectivity index (χ4n) is 2.16. The number of carbonyl (C=O) groups is 1. The van der Waals surface area contributed by atoms with Gasteiger partial charge in [0.25, 0.3) is 0 Å². The summed E-state index contributed by atoms with van der Waals surface area (Å²) in [5, 5.41) is 0. The molecule has 1 fully saturated rings. The third kappa shape index (κ3) is 3.17. The Kier molecular flexibility index (Phi) is 4.26. The lowest BCUT2D eigenvalue weighted by molar-refractivity contribution is -0.145. The minimum absolute atomic E-state index is 0.129. The van der Waals surface area contributed by atoms with E-state index in [-0.39, 0.29) is 16.9 Å². The van der Waals surface area contributed by atoms with Crippen LogP contribution in [0.2, 0.25) is 0 Å². The predicted octanol–water partition coefficient (Wildman–Crippen LogP) is 0.500. The maximum Gasteiger partial charge on any atom is 0.310 e. The van der Waals surface area contributed by atoms with Crippen LogP contribution in [-0.4, -0.2) is 41.1 Å². The highest BCUT2D eigenvalue weighted by Crippen LogP contribution is 2.21. The van der Waals surface area contributed by atoms with E-state index in [0.717, 1.165) is 19.4 Å². The zero-order valence-corrected chi connectivity index (χ0v) is 11.5. The molecule has 1 aromatic heterocycles. The molecule has 102 valence electrons. The van der Waals surface area contributed by atoms with Crippen molar-refractivity contribution in [2.24, 2.45) is 11.7 Å². The van der Waals surface area contributed by atoms with Gasteiger partial charge in [-0.3, -0.25) is 4.79 Å². The van der Waals surface area contributed by atoms with Gasteiger partial charge in [-0.1, -0.05) is 12.2 Å². The van der Waals surface area contributed by atoms with Crippen LogP contribution in [0.4, 0.5) is 5.95 Å². The molecular weight excluding hydrogens is 264 g/mol. The Hall–Kier alpha value is -1.76. The second-order valence-corrected chi connectivity index (χ2v) is 4.85. The molecule has 1 unspecified atom stereocenters. The number of carbonyl (C=O) groups excluding carboxylic acids is 1. The lowest BCUT2D eigenvalue weighted by Gasteiger charge is -2.31. The van der Waals surface area contributed by atoms with E-state index in [9.17, 15) is 4.79 Å². The van der Waals surface area contributed by atoms with Crippen molar-refractivity contribution in [3.05, 3.63) is 18.0 Å². The topological polar surface area (TPSA) is 81.3 Å². The number of piperidine rings is 1. The van der Waals surface area contributed by atoms with Gasteiger partial charge in [-0.05, 0) is 18.9 Å². The summed E-state index contributed by atoms with van der Waals surface area (Å²) in [6.07, 6.45) is 3.36. The summed E-state index contributed by atoms with van der Waals surface area (Å²) in [5.74, 6) is 0.241. The lowest BCUT2D eigenvalue weighted by atomic mass is 9.98. The number of nitrogens with two attached hydrogens (primary N) is 1. The summed E-state index contributed by atoms with van der Waals surface area (Å²) < 4.78 is 4.79. The summed E-state index contributed by atoms with van der Waals surface area (Å²) in [5.41, 5.74) is 6.10. The first-order valence-corrected chi connectivity index (χ1v) is 6.48. The molecule has 2 N–H and O–H groups in total. The van der Waals surface area contributed by atoms with Crippen molar-refractivity contribution in [3.8, 4) is 0 Å². The van der Waals surface area contributed by atoms with Crippen molar-refractivity contribution in [1.29, 1.82) is 0 Å². The van der Waals surface area contributed by atoms with Gasteiger partial charge in [0.1, 0.15) is 10.7 Å². The molecule has 1 aliphatic heterocycles. The third-order valence-electron chi connectivity index (χ3n) is 3.13. The number of anilines is 1. The van der Waals surface area contributed by atoms with E-state index in [0.29, 0.717) is 18.2 Å². The van der Waals surface area contributed by atoms with Gasteiger partial charge in [-0.25, -0.2) is 9.97 Å². The fourth-order valence-corrected chi connectivity index (χ4v) is 2.27. The summed E-state index contributed by atoms with van der Waals surface area (Å²) in [6, 6.07) is 1.67. The Morgan fingerprint density at radius 1 is 1.63 bits per heavy atom. The van der Waals surface area contributed by atoms with Crippen LogP contribution >= 0.6 is 12.2 Å². The number of ether oxygens (including phenoxy) is 1. The van der Waals surface area contributed by atoms with E-state index in [1.807, 2.05) is 4.90 Å². The Morgan fingerprint density at radius 2 is 2.42 bits per heavy atom. The third-order valence-corrected chi connectivity index (χ3v) is 3.34. The van der Waals surface area contributed by atoms with E-state index >= 15 is 0 Å². The number of esters is 1. The quantitative estimate of drug-likeness (QED) is 0.637. The molecule has 0 aliphatic carbocycles. The Balaban J connectivity index is 2.15. The largest absolute Gasteiger partial charge is 0.469 e. The van der Waals surface area contributed by atoms with Crippen LogP contribution < -0.4 is 10.6 Å². The molecule has 1 aliphatic rings. The molecule has 0 aromatic carbocycles. The number of methoxy groups -OCH3 is 1. The Morgan fingerprint density at radius 3 is 3.11 bits per heavy atom. The van der Waals surface area contributed by atoms with E-state index in [1.165, 1.54) is 7.11 Å². The summed E-state index contributed by atoms with van der Waals surface area (Å²) in [7, 11) is 1.41. The van der Waals surface area contributed by atoms with Crippen LogP contribution in [0.5, 0.6) is 0 Å². The van der Waals surface area contributed by atoms with Crippen LogP contribution in [0.25, 0.3) is 0 Å². The van der Waals surface area contributed by atoms with Crippen LogP contribution in [-0.2, 0) is 9.53 Å². The maximum atomic E-state index is 11.6. The zero-order valence-electron chi connectivity index (χ0n) is 10.7. The van der Waals surface area contributed by atoms with E-state index in [4.69, 9.17) is 22.7 Å². The minimum atomic E-state index is -0.185. The van der Waals surface area contributed by atoms with E-state index in [1.54, 1.807) is 12.3 Å². The van der Waals surface area contributed by atoms with Crippen molar-refractivity contribution in [1.82, 2.24) is 9.97 Å². The van der Waals surface area contributed by atoms with Gasteiger partial charge < -0.3 is 15.4 Å². The molecule has 0 saturated carbocycles. The average molecular weight is 280 g/mol. The summed E-state index contributed by atoms with van der Waals surface area (Å²) in [4.78, 5) is 22.3. The highest BCUT2D eigenvalue weighted by atomic mass is 32.1. The molecule has 6 nitrogen and oxygen atoms in total. The average Bonchev–Trinajstić information content (AvgIpc) is 2.46. The van der Waals surface area contributed by atoms with Crippen LogP contribution in [0.15, 0.2) is 12.3 Å². The second-order valence-electron chi connectivity index (χ2n) is 4.41. The Labute approximate surface area is 117 Å². The highest BCUT2D eigenvalue weighted by Gasteiger charge is 2.27. The number of thiocarbonyl (C=S) groups is 1. The van der Waals surface area contributed by atoms with Crippen molar-refractivity contribution in [2.45, 2.75) is 12.8 Å². The van der Waals surface area contributed by atoms with Gasteiger partial charge in [-0.2, -0.15) is 0 Å². The lowest BCUT2D eigenvalue weighted by Crippen LogP contribution is -2.40. The highest BCUT2D eigenvalue weighted by molar-refractivity contribution is 7.80. The minimum Gasteiger partial charge on any atom is -0.469 e. The zero-order chi connectivity index (χ0) is 13.8. The van der Waals surface area contributed by atoms with Crippen molar-refractivity contribution in [3.63, 3.8) is 0 Å². The number of hydrogen-bond donors (Lipinski definition) is 1. The number of hydrogen-bond acceptors (Lipinski definition) is 6. The van der Waals surface area contributed by atoms with Gasteiger partial charge in [0.2, 0.25) is 5.95 Å². The van der Waals surface area contributed by atoms with E-state index < -0.39 is 0 Å². The molecule has 2 heterocycles. The SMILES string of the molecule is COC(=O)C1CCCN(c2nccc(C(N)=S)n2)C1. The summed E-state index contributed by atoms with van der Waals surface area (Å²) in [6.45, 7) is 1.38. The monoisotopic (exact) mass is 280 g/mol. The standard InChI is InChI=1S/C12H16N4O2S/c1-18-11(17)8-3-2-6-16(7-8)12-14-5-4-9(15-12)10(13)19/h4-5,8H,2-3,6-7H2,1H3,(H2,13,19). The molecule has 1 saturated heterocycles. The molecule has 0 radical (unpaired) electrons. The number of rotatable bonds is 3. The molecule has 7 heteroatoms. The van der Waals surface area contributed by atoms with Gasteiger partial charge in [0.15, 0.2) is 0 Å². The molecule has 1 atom stereocenters. The van der Waals surface area contributed by atoms with Gasteiger partial charge >= 0.3 is 5.97 Å². The normalized spacial score (nSPS) is 19.0. The molecule has 19 heavy (non-hydrogen) atoms. The second kappa shape index (κ2) is 5.92. The van der Waals surface area contributed by atoms with Crippen LogP contribution in [0, 0.1) is 5.92 Å². The van der Waals surface area contributed by atoms with Gasteiger partial charge in [-0.15, -0.1) is 0 Å². The first-order chi connectivity index (χ1) is 9.11. The van der Waals surface area contributed by atoms with Crippen molar-refractivity contribution < 1.29 is 9.53 Å². The van der Waals surface area contributed by atoms with Crippen molar-refractivity contribution in [2.75, 3.05) is 25.1 Å². The maximum absolute atomic E-state index is 11.6. The molecule has 2 rings (SSSR count).